The number of aromatic nitrogens is 3. The molecule has 6 heteroatoms. The average molecular weight is 286 g/mol. The number of benzene rings is 1. The van der Waals surface area contributed by atoms with Crippen LogP contribution in [-0.2, 0) is 6.54 Å². The van der Waals surface area contributed by atoms with Crippen molar-refractivity contribution < 1.29 is 4.74 Å². The van der Waals surface area contributed by atoms with Crippen LogP contribution in [0.4, 0.5) is 0 Å². The van der Waals surface area contributed by atoms with Gasteiger partial charge in [-0.3, -0.25) is 0 Å². The summed E-state index contributed by atoms with van der Waals surface area (Å²) in [5.74, 6) is 0.811. The first kappa shape index (κ1) is 12.8. The molecule has 0 spiro atoms. The molecular weight excluding hydrogens is 272 g/mol. The third-order valence-corrected chi connectivity index (χ3v) is 3.88. The zero-order chi connectivity index (χ0) is 13.9. The van der Waals surface area contributed by atoms with E-state index in [-0.39, 0.29) is 0 Å². The number of nitrogens with two attached hydrogens (primary N) is 1. The molecule has 0 aliphatic heterocycles. The van der Waals surface area contributed by atoms with Crippen LogP contribution in [0.2, 0.25) is 0 Å². The van der Waals surface area contributed by atoms with Crippen LogP contribution in [0.25, 0.3) is 16.3 Å². The highest BCUT2D eigenvalue weighted by atomic mass is 32.1. The van der Waals surface area contributed by atoms with Gasteiger partial charge in [0.25, 0.3) is 0 Å². The van der Waals surface area contributed by atoms with E-state index in [4.69, 9.17) is 10.5 Å². The number of nitrogens with zero attached hydrogens (tertiary/aromatic N) is 3. The second-order valence-corrected chi connectivity index (χ2v) is 5.12. The topological polar surface area (TPSA) is 66.0 Å². The molecule has 0 amide bonds. The van der Waals surface area contributed by atoms with Crippen LogP contribution in [0.15, 0.2) is 41.8 Å². The SMILES string of the molecule is COc1ccc(-n2nnc(CN)c2-c2cccs2)cc1. The molecule has 5 nitrogen and oxygen atoms in total. The Bertz CT molecular complexity index is 689. The highest BCUT2D eigenvalue weighted by Gasteiger charge is 2.15. The van der Waals surface area contributed by atoms with Gasteiger partial charge in [-0.2, -0.15) is 0 Å². The summed E-state index contributed by atoms with van der Waals surface area (Å²) in [7, 11) is 1.65. The minimum Gasteiger partial charge on any atom is -0.497 e. The van der Waals surface area contributed by atoms with Crippen LogP contribution in [-0.4, -0.2) is 22.1 Å². The Morgan fingerprint density at radius 1 is 1.25 bits per heavy atom. The van der Waals surface area contributed by atoms with Crippen molar-refractivity contribution in [2.45, 2.75) is 6.54 Å². The lowest BCUT2D eigenvalue weighted by molar-refractivity contribution is 0.414. The first-order valence-electron chi connectivity index (χ1n) is 6.16. The molecule has 102 valence electrons. The van der Waals surface area contributed by atoms with Crippen molar-refractivity contribution in [1.82, 2.24) is 15.0 Å². The number of hydrogen-bond acceptors (Lipinski definition) is 5. The lowest BCUT2D eigenvalue weighted by atomic mass is 10.2. The van der Waals surface area contributed by atoms with Crippen molar-refractivity contribution in [3.63, 3.8) is 0 Å². The summed E-state index contributed by atoms with van der Waals surface area (Å²) in [5, 5.41) is 10.4. The van der Waals surface area contributed by atoms with Gasteiger partial charge in [-0.25, -0.2) is 4.68 Å². The molecule has 20 heavy (non-hydrogen) atoms. The number of ether oxygens (including phenoxy) is 1. The highest BCUT2D eigenvalue weighted by Crippen LogP contribution is 2.29. The quantitative estimate of drug-likeness (QED) is 0.800. The largest absolute Gasteiger partial charge is 0.497 e. The molecule has 3 aromatic rings. The summed E-state index contributed by atoms with van der Waals surface area (Å²) >= 11 is 1.65. The second kappa shape index (κ2) is 5.44. The molecule has 0 aliphatic rings. The molecule has 2 N–H and O–H groups in total. The van der Waals surface area contributed by atoms with Crippen LogP contribution in [0.3, 0.4) is 0 Å². The molecule has 0 radical (unpaired) electrons. The third kappa shape index (κ3) is 2.19. The zero-order valence-corrected chi connectivity index (χ0v) is 11.8. The van der Waals surface area contributed by atoms with Crippen LogP contribution in [0.1, 0.15) is 5.69 Å². The average Bonchev–Trinajstić information content (AvgIpc) is 3.15. The summed E-state index contributed by atoms with van der Waals surface area (Å²) < 4.78 is 6.98. The molecule has 0 unspecified atom stereocenters. The number of methoxy groups -OCH3 is 1. The van der Waals surface area contributed by atoms with Gasteiger partial charge in [0.15, 0.2) is 0 Å². The van der Waals surface area contributed by atoms with Crippen molar-refractivity contribution in [3.8, 4) is 22.0 Å². The molecule has 0 aliphatic carbocycles. The zero-order valence-electron chi connectivity index (χ0n) is 11.0. The van der Waals surface area contributed by atoms with Crippen molar-refractivity contribution in [3.05, 3.63) is 47.5 Å². The fourth-order valence-corrected chi connectivity index (χ4v) is 2.79. The maximum atomic E-state index is 5.76. The molecule has 1 aromatic carbocycles. The van der Waals surface area contributed by atoms with Crippen molar-refractivity contribution in [1.29, 1.82) is 0 Å². The second-order valence-electron chi connectivity index (χ2n) is 4.18. The lowest BCUT2D eigenvalue weighted by Gasteiger charge is -2.07. The molecule has 3 rings (SSSR count). The first-order chi connectivity index (χ1) is 9.83. The predicted molar refractivity (Wildman–Crippen MR) is 79.1 cm³/mol. The first-order valence-corrected chi connectivity index (χ1v) is 7.04. The van der Waals surface area contributed by atoms with Crippen LogP contribution >= 0.6 is 11.3 Å². The minimum absolute atomic E-state index is 0.364. The summed E-state index contributed by atoms with van der Waals surface area (Å²) in [5.41, 5.74) is 8.44. The predicted octanol–water partition coefficient (Wildman–Crippen LogP) is 2.46. The fraction of sp³-hybridized carbons (Fsp3) is 0.143. The summed E-state index contributed by atoms with van der Waals surface area (Å²) in [4.78, 5) is 1.10. The fourth-order valence-electron chi connectivity index (χ4n) is 2.01. The van der Waals surface area contributed by atoms with Gasteiger partial charge in [0.1, 0.15) is 17.1 Å². The Kier molecular flexibility index (Phi) is 3.49. The van der Waals surface area contributed by atoms with Gasteiger partial charge in [0.05, 0.1) is 17.7 Å². The number of thiophene rings is 1. The van der Waals surface area contributed by atoms with Gasteiger partial charge in [0, 0.05) is 6.54 Å². The molecule has 0 atom stereocenters. The number of rotatable bonds is 4. The van der Waals surface area contributed by atoms with Gasteiger partial charge < -0.3 is 10.5 Å². The Morgan fingerprint density at radius 2 is 2.05 bits per heavy atom. The molecule has 0 saturated carbocycles. The van der Waals surface area contributed by atoms with Crippen molar-refractivity contribution in [2.75, 3.05) is 7.11 Å². The van der Waals surface area contributed by atoms with Crippen molar-refractivity contribution >= 4 is 11.3 Å². The van der Waals surface area contributed by atoms with Crippen LogP contribution in [0, 0.1) is 0 Å². The van der Waals surface area contributed by atoms with E-state index < -0.39 is 0 Å². The van der Waals surface area contributed by atoms with Gasteiger partial charge in [-0.1, -0.05) is 11.3 Å². The molecule has 0 bridgehead atoms. The maximum absolute atomic E-state index is 5.76. The Balaban J connectivity index is 2.11. The van der Waals surface area contributed by atoms with E-state index >= 15 is 0 Å². The molecular formula is C14H14N4OS. The van der Waals surface area contributed by atoms with E-state index in [1.165, 1.54) is 0 Å². The van der Waals surface area contributed by atoms with E-state index in [0.717, 1.165) is 27.7 Å². The molecule has 2 heterocycles. The normalized spacial score (nSPS) is 10.7. The van der Waals surface area contributed by atoms with Gasteiger partial charge in [-0.15, -0.1) is 16.4 Å². The third-order valence-electron chi connectivity index (χ3n) is 3.00. The highest BCUT2D eigenvalue weighted by molar-refractivity contribution is 7.13. The Morgan fingerprint density at radius 3 is 2.65 bits per heavy atom. The summed E-state index contributed by atoms with van der Waals surface area (Å²) in [6.45, 7) is 0.364. The molecule has 0 saturated heterocycles. The van der Waals surface area contributed by atoms with E-state index in [0.29, 0.717) is 6.54 Å². The lowest BCUT2D eigenvalue weighted by Crippen LogP contribution is -2.01. The smallest absolute Gasteiger partial charge is 0.119 e. The van der Waals surface area contributed by atoms with E-state index in [1.54, 1.807) is 18.4 Å². The number of hydrogen-bond donors (Lipinski definition) is 1. The van der Waals surface area contributed by atoms with Crippen molar-refractivity contribution in [2.24, 2.45) is 5.73 Å². The van der Waals surface area contributed by atoms with Crippen LogP contribution < -0.4 is 10.5 Å². The Hall–Kier alpha value is -2.18. The van der Waals surface area contributed by atoms with E-state index in [2.05, 4.69) is 10.3 Å². The monoisotopic (exact) mass is 286 g/mol. The standard InChI is InChI=1S/C14H14N4OS/c1-19-11-6-4-10(5-7-11)18-14(12(9-15)16-17-18)13-3-2-8-20-13/h2-8H,9,15H2,1H3. The van der Waals surface area contributed by atoms with E-state index in [1.807, 2.05) is 46.5 Å². The molecule has 2 aromatic heterocycles. The Labute approximate surface area is 120 Å². The van der Waals surface area contributed by atoms with Gasteiger partial charge in [-0.05, 0) is 35.7 Å². The maximum Gasteiger partial charge on any atom is 0.119 e. The summed E-state index contributed by atoms with van der Waals surface area (Å²) in [6.07, 6.45) is 0. The van der Waals surface area contributed by atoms with E-state index in [9.17, 15) is 0 Å². The minimum atomic E-state index is 0.364. The van der Waals surface area contributed by atoms with Gasteiger partial charge >= 0.3 is 0 Å². The molecule has 0 fully saturated rings. The summed E-state index contributed by atoms with van der Waals surface area (Å²) in [6, 6.07) is 11.7. The van der Waals surface area contributed by atoms with Gasteiger partial charge in [0.2, 0.25) is 0 Å². The van der Waals surface area contributed by atoms with Crippen LogP contribution in [0.5, 0.6) is 5.75 Å².